The maximum absolute atomic E-state index is 11.6. The first kappa shape index (κ1) is 14.3. The van der Waals surface area contributed by atoms with Gasteiger partial charge in [0, 0.05) is 31.1 Å². The summed E-state index contributed by atoms with van der Waals surface area (Å²) in [5, 5.41) is 0.939. The third-order valence-corrected chi connectivity index (χ3v) is 4.38. The van der Waals surface area contributed by atoms with Crippen molar-refractivity contribution in [2.45, 2.75) is 20.3 Å². The number of anilines is 1. The number of hydrogen-bond acceptors (Lipinski definition) is 6. The van der Waals surface area contributed by atoms with Gasteiger partial charge in [-0.2, -0.15) is 0 Å². The number of carbonyl (C=O) groups excluding carboxylic acids is 1. The molecule has 5 nitrogen and oxygen atoms in total. The molecule has 0 aliphatic carbocycles. The molecule has 0 radical (unpaired) electrons. The molecular weight excluding hydrogens is 262 g/mol. The van der Waals surface area contributed by atoms with Crippen molar-refractivity contribution in [2.75, 3.05) is 44.7 Å². The van der Waals surface area contributed by atoms with Crippen molar-refractivity contribution in [3.8, 4) is 0 Å². The molecule has 0 unspecified atom stereocenters. The zero-order valence-electron chi connectivity index (χ0n) is 11.8. The molecule has 1 fully saturated rings. The Balaban J connectivity index is 2.02. The topological polar surface area (TPSA) is 45.7 Å². The van der Waals surface area contributed by atoms with Crippen LogP contribution in [0.15, 0.2) is 0 Å². The van der Waals surface area contributed by atoms with Gasteiger partial charge in [-0.1, -0.05) is 6.92 Å². The van der Waals surface area contributed by atoms with Crippen LogP contribution in [0.2, 0.25) is 0 Å². The van der Waals surface area contributed by atoms with Gasteiger partial charge in [-0.15, -0.1) is 11.3 Å². The number of esters is 1. The van der Waals surface area contributed by atoms with Crippen LogP contribution in [0.1, 0.15) is 28.7 Å². The van der Waals surface area contributed by atoms with Crippen molar-refractivity contribution >= 4 is 22.4 Å². The molecule has 0 spiro atoms. The number of hydrogen-bond donors (Lipinski definition) is 0. The summed E-state index contributed by atoms with van der Waals surface area (Å²) in [6.45, 7) is 9.39. The highest BCUT2D eigenvalue weighted by atomic mass is 32.1. The van der Waals surface area contributed by atoms with Crippen LogP contribution in [-0.4, -0.2) is 55.7 Å². The van der Waals surface area contributed by atoms with E-state index in [-0.39, 0.29) is 5.97 Å². The molecule has 0 N–H and O–H groups in total. The third-order valence-electron chi connectivity index (χ3n) is 3.35. The molecule has 0 aromatic carbocycles. The SMILES string of the molecule is CCCN1CCN(c2nc(C(=O)OC)c(C)s2)CC1. The molecule has 2 heterocycles. The summed E-state index contributed by atoms with van der Waals surface area (Å²) in [4.78, 5) is 21.6. The van der Waals surface area contributed by atoms with Crippen LogP contribution in [0.3, 0.4) is 0 Å². The molecule has 2 rings (SSSR count). The molecule has 1 saturated heterocycles. The minimum Gasteiger partial charge on any atom is -0.464 e. The van der Waals surface area contributed by atoms with Gasteiger partial charge in [-0.05, 0) is 19.9 Å². The molecule has 0 atom stereocenters. The molecule has 0 bridgehead atoms. The van der Waals surface area contributed by atoms with Crippen LogP contribution in [0.5, 0.6) is 0 Å². The van der Waals surface area contributed by atoms with E-state index in [9.17, 15) is 4.79 Å². The first-order chi connectivity index (χ1) is 9.15. The number of nitrogens with zero attached hydrogens (tertiary/aromatic N) is 3. The molecule has 6 heteroatoms. The Labute approximate surface area is 118 Å². The van der Waals surface area contributed by atoms with Crippen LogP contribution in [0.4, 0.5) is 5.13 Å². The second-order valence-corrected chi connectivity index (χ2v) is 5.90. The van der Waals surface area contributed by atoms with Crippen LogP contribution < -0.4 is 4.90 Å². The van der Waals surface area contributed by atoms with Crippen LogP contribution >= 0.6 is 11.3 Å². The molecule has 1 aromatic rings. The van der Waals surface area contributed by atoms with Crippen molar-refractivity contribution < 1.29 is 9.53 Å². The molecule has 0 saturated carbocycles. The van der Waals surface area contributed by atoms with Gasteiger partial charge in [0.15, 0.2) is 10.8 Å². The summed E-state index contributed by atoms with van der Waals surface area (Å²) in [5.41, 5.74) is 0.457. The first-order valence-corrected chi connectivity index (χ1v) is 7.50. The number of piperazine rings is 1. The lowest BCUT2D eigenvalue weighted by Crippen LogP contribution is -2.46. The Morgan fingerprint density at radius 3 is 2.63 bits per heavy atom. The number of aromatic nitrogens is 1. The van der Waals surface area contributed by atoms with E-state index in [1.54, 1.807) is 11.3 Å². The number of rotatable bonds is 4. The Morgan fingerprint density at radius 1 is 1.37 bits per heavy atom. The summed E-state index contributed by atoms with van der Waals surface area (Å²) >= 11 is 1.57. The van der Waals surface area contributed by atoms with E-state index in [1.165, 1.54) is 13.5 Å². The number of methoxy groups -OCH3 is 1. The Kier molecular flexibility index (Phi) is 4.76. The molecular formula is C13H21N3O2S. The van der Waals surface area contributed by atoms with Gasteiger partial charge >= 0.3 is 5.97 Å². The van der Waals surface area contributed by atoms with E-state index >= 15 is 0 Å². The van der Waals surface area contributed by atoms with Crippen molar-refractivity contribution in [1.29, 1.82) is 0 Å². The van der Waals surface area contributed by atoms with E-state index < -0.39 is 0 Å². The van der Waals surface area contributed by atoms with E-state index in [4.69, 9.17) is 4.74 Å². The Bertz CT molecular complexity index is 439. The summed E-state index contributed by atoms with van der Waals surface area (Å²) in [5.74, 6) is -0.343. The van der Waals surface area contributed by atoms with Crippen molar-refractivity contribution in [1.82, 2.24) is 9.88 Å². The highest BCUT2D eigenvalue weighted by Crippen LogP contribution is 2.26. The van der Waals surface area contributed by atoms with Crippen molar-refractivity contribution in [3.05, 3.63) is 10.6 Å². The largest absolute Gasteiger partial charge is 0.464 e. The van der Waals surface area contributed by atoms with Gasteiger partial charge in [0.05, 0.1) is 7.11 Å². The molecule has 1 aromatic heterocycles. The zero-order valence-corrected chi connectivity index (χ0v) is 12.6. The van der Waals surface area contributed by atoms with Gasteiger partial charge in [-0.3, -0.25) is 4.90 Å². The predicted octanol–water partition coefficient (Wildman–Crippen LogP) is 1.77. The predicted molar refractivity (Wildman–Crippen MR) is 77.1 cm³/mol. The highest BCUT2D eigenvalue weighted by molar-refractivity contribution is 7.15. The van der Waals surface area contributed by atoms with E-state index in [0.717, 1.165) is 42.7 Å². The minimum atomic E-state index is -0.343. The number of ether oxygens (including phenoxy) is 1. The Hall–Kier alpha value is -1.14. The summed E-state index contributed by atoms with van der Waals surface area (Å²) < 4.78 is 4.75. The molecule has 19 heavy (non-hydrogen) atoms. The zero-order chi connectivity index (χ0) is 13.8. The summed E-state index contributed by atoms with van der Waals surface area (Å²) in [6.07, 6.45) is 1.20. The maximum atomic E-state index is 11.6. The van der Waals surface area contributed by atoms with E-state index in [2.05, 4.69) is 21.7 Å². The van der Waals surface area contributed by atoms with Crippen LogP contribution in [0, 0.1) is 6.92 Å². The fraction of sp³-hybridized carbons (Fsp3) is 0.692. The maximum Gasteiger partial charge on any atom is 0.357 e. The second-order valence-electron chi connectivity index (χ2n) is 4.72. The smallest absolute Gasteiger partial charge is 0.357 e. The molecule has 0 amide bonds. The lowest BCUT2D eigenvalue weighted by molar-refractivity contribution is 0.0594. The fourth-order valence-corrected chi connectivity index (χ4v) is 3.23. The van der Waals surface area contributed by atoms with E-state index in [1.807, 2.05) is 6.92 Å². The second kappa shape index (κ2) is 6.34. The van der Waals surface area contributed by atoms with Gasteiger partial charge in [0.2, 0.25) is 0 Å². The molecule has 1 aliphatic heterocycles. The van der Waals surface area contributed by atoms with Crippen molar-refractivity contribution in [2.24, 2.45) is 0 Å². The normalized spacial score (nSPS) is 16.7. The minimum absolute atomic E-state index is 0.343. The number of carbonyl (C=O) groups is 1. The monoisotopic (exact) mass is 283 g/mol. The summed E-state index contributed by atoms with van der Waals surface area (Å²) in [7, 11) is 1.39. The highest BCUT2D eigenvalue weighted by Gasteiger charge is 2.22. The number of thiazole rings is 1. The third kappa shape index (κ3) is 3.25. The van der Waals surface area contributed by atoms with Crippen LogP contribution in [-0.2, 0) is 4.74 Å². The fourth-order valence-electron chi connectivity index (χ4n) is 2.28. The average molecular weight is 283 g/mol. The standard InChI is InChI=1S/C13H21N3O2S/c1-4-5-15-6-8-16(9-7-15)13-14-11(10(2)19-13)12(17)18-3/h4-9H2,1-3H3. The quantitative estimate of drug-likeness (QED) is 0.788. The number of aryl methyl sites for hydroxylation is 1. The van der Waals surface area contributed by atoms with E-state index in [0.29, 0.717) is 5.69 Å². The summed E-state index contributed by atoms with van der Waals surface area (Å²) in [6, 6.07) is 0. The molecule has 106 valence electrons. The molecule has 1 aliphatic rings. The lowest BCUT2D eigenvalue weighted by Gasteiger charge is -2.34. The van der Waals surface area contributed by atoms with Gasteiger partial charge in [-0.25, -0.2) is 9.78 Å². The Morgan fingerprint density at radius 2 is 2.05 bits per heavy atom. The van der Waals surface area contributed by atoms with Crippen molar-refractivity contribution in [3.63, 3.8) is 0 Å². The lowest BCUT2D eigenvalue weighted by atomic mass is 10.3. The van der Waals surface area contributed by atoms with Gasteiger partial charge in [0.1, 0.15) is 0 Å². The van der Waals surface area contributed by atoms with Crippen LogP contribution in [0.25, 0.3) is 0 Å². The van der Waals surface area contributed by atoms with Gasteiger partial charge < -0.3 is 9.64 Å². The van der Waals surface area contributed by atoms with Gasteiger partial charge in [0.25, 0.3) is 0 Å². The first-order valence-electron chi connectivity index (χ1n) is 6.68. The average Bonchev–Trinajstić information content (AvgIpc) is 2.81.